The third-order valence-electron chi connectivity index (χ3n) is 26.2. The van der Waals surface area contributed by atoms with Crippen molar-refractivity contribution in [3.8, 4) is 102 Å². The van der Waals surface area contributed by atoms with Gasteiger partial charge in [-0.05, 0) is 201 Å². The Morgan fingerprint density at radius 1 is 0.114 bits per heavy atom. The van der Waals surface area contributed by atoms with Gasteiger partial charge in [-0.1, -0.05) is 346 Å². The largest absolute Gasteiger partial charge is 0.309 e. The maximum absolute atomic E-state index is 5.51. The lowest BCUT2D eigenvalue weighted by Crippen LogP contribution is -2.04. The summed E-state index contributed by atoms with van der Waals surface area (Å²) >= 11 is 0. The number of fused-ring (bicyclic) bond motifs is 18. The molecule has 9 heterocycles. The molecule has 9 aromatic heterocycles. The van der Waals surface area contributed by atoms with Crippen LogP contribution in [0, 0.1) is 0 Å². The van der Waals surface area contributed by atoms with Crippen LogP contribution < -0.4 is 0 Å². The van der Waals surface area contributed by atoms with Gasteiger partial charge in [-0.3, -0.25) is 22.8 Å². The van der Waals surface area contributed by atoms with E-state index < -0.39 is 0 Å². The summed E-state index contributed by atoms with van der Waals surface area (Å²) in [6.45, 7) is 0. The van der Waals surface area contributed by atoms with E-state index in [0.29, 0.717) is 0 Å². The highest BCUT2D eigenvalue weighted by molar-refractivity contribution is 6.16. The van der Waals surface area contributed by atoms with Gasteiger partial charge in [-0.15, -0.1) is 0 Å². The van der Waals surface area contributed by atoms with E-state index in [0.717, 1.165) is 95.7 Å². The fourth-order valence-corrected chi connectivity index (χ4v) is 20.2. The molecule has 0 unspecified atom stereocenters. The molecule has 618 valence electrons. The van der Waals surface area contributed by atoms with Crippen LogP contribution in [0.2, 0.25) is 0 Å². The summed E-state index contributed by atoms with van der Waals surface area (Å²) in [4.78, 5) is 16.0. The Kier molecular flexibility index (Phi) is 18.7. The Hall–Kier alpha value is -17.8. The molecule has 0 bridgehead atoms. The van der Waals surface area contributed by atoms with Crippen molar-refractivity contribution in [1.82, 2.24) is 42.4 Å². The number of rotatable bonds is 12. The van der Waals surface area contributed by atoms with Crippen LogP contribution in [0.4, 0.5) is 0 Å². The molecular weight excluding hydrogens is 1600 g/mol. The van der Waals surface area contributed by atoms with E-state index in [1.807, 2.05) is 0 Å². The van der Waals surface area contributed by atoms with Gasteiger partial charge in [0, 0.05) is 75.9 Å². The van der Waals surface area contributed by atoms with Gasteiger partial charge in [-0.25, -0.2) is 15.0 Å². The normalized spacial score (nSPS) is 11.6. The SMILES string of the molecule is c1cc(-c2ccc(-n3c4ccccc4c4ccccc43)cc2)nc(-n2c3ccccc3c3ccccc32)c1.c1ccc(-c2cc(-n3c4ccccc4c4ccccc43)nc(-n3c4ccccc4c4ccccc43)c2)cc1.c1ccc(-c2ccc3c(c2)c2cc(-c4ccccc4)ccc2n3-c2cccc(-n3c4ccc(-c5ccccc5)cc4c4cc(-c5ccccc5)ccc43)n2)cc1. The third-order valence-corrected chi connectivity index (χ3v) is 26.2. The first-order valence-electron chi connectivity index (χ1n) is 45.0. The molecule has 27 rings (SSSR count). The fourth-order valence-electron chi connectivity index (χ4n) is 20.2. The minimum absolute atomic E-state index is 0.874. The molecule has 18 aromatic carbocycles. The van der Waals surface area contributed by atoms with Crippen LogP contribution in [-0.2, 0) is 0 Å². The van der Waals surface area contributed by atoms with Gasteiger partial charge in [0.25, 0.3) is 0 Å². The van der Waals surface area contributed by atoms with Gasteiger partial charge in [0.05, 0.1) is 71.9 Å². The molecule has 27 aromatic rings. The summed E-state index contributed by atoms with van der Waals surface area (Å²) in [5.74, 6) is 4.48. The van der Waals surface area contributed by atoms with Crippen LogP contribution in [0.25, 0.3) is 233 Å². The van der Waals surface area contributed by atoms with Crippen LogP contribution >= 0.6 is 0 Å². The predicted octanol–water partition coefficient (Wildman–Crippen LogP) is 31.8. The van der Waals surface area contributed by atoms with Crippen molar-refractivity contribution in [3.05, 3.63) is 491 Å². The molecule has 0 N–H and O–H groups in total. The van der Waals surface area contributed by atoms with Crippen molar-refractivity contribution in [2.45, 2.75) is 0 Å². The highest BCUT2D eigenvalue weighted by Crippen LogP contribution is 2.44. The molecule has 0 saturated carbocycles. The monoisotopic (exact) mass is 1680 g/mol. The zero-order chi connectivity index (χ0) is 87.1. The Labute approximate surface area is 761 Å². The average molecular weight is 1690 g/mol. The zero-order valence-electron chi connectivity index (χ0n) is 71.8. The average Bonchev–Trinajstić information content (AvgIpc) is 1.58. The summed E-state index contributed by atoms with van der Waals surface area (Å²) in [5, 5.41) is 14.7. The summed E-state index contributed by atoms with van der Waals surface area (Å²) in [5.41, 5.74) is 28.9. The Morgan fingerprint density at radius 3 is 0.614 bits per heavy atom. The van der Waals surface area contributed by atoms with Crippen LogP contribution in [0.15, 0.2) is 491 Å². The number of para-hydroxylation sites is 8. The second-order valence-electron chi connectivity index (χ2n) is 33.8. The minimum atomic E-state index is 0.874. The molecular formula is C123H81N9. The van der Waals surface area contributed by atoms with Crippen molar-refractivity contribution >= 4 is 131 Å². The van der Waals surface area contributed by atoms with Crippen LogP contribution in [-0.4, -0.2) is 42.4 Å². The van der Waals surface area contributed by atoms with Gasteiger partial charge in [0.1, 0.15) is 29.1 Å². The summed E-state index contributed by atoms with van der Waals surface area (Å²) < 4.78 is 13.9. The first-order chi connectivity index (χ1) is 65.5. The highest BCUT2D eigenvalue weighted by atomic mass is 15.2. The molecule has 0 fully saturated rings. The molecule has 0 atom stereocenters. The molecule has 0 aliphatic heterocycles. The van der Waals surface area contributed by atoms with Crippen molar-refractivity contribution < 1.29 is 0 Å². The molecule has 0 radical (unpaired) electrons. The second-order valence-corrected chi connectivity index (χ2v) is 33.8. The lowest BCUT2D eigenvalue weighted by Gasteiger charge is -2.14. The van der Waals surface area contributed by atoms with Crippen LogP contribution in [0.1, 0.15) is 0 Å². The van der Waals surface area contributed by atoms with E-state index in [1.54, 1.807) is 0 Å². The lowest BCUT2D eigenvalue weighted by molar-refractivity contribution is 1.01. The van der Waals surface area contributed by atoms with E-state index in [4.69, 9.17) is 15.0 Å². The Balaban J connectivity index is 0.000000110. The van der Waals surface area contributed by atoms with Gasteiger partial charge in [0.15, 0.2) is 0 Å². The molecule has 9 nitrogen and oxygen atoms in total. The maximum atomic E-state index is 5.51. The number of hydrogen-bond acceptors (Lipinski definition) is 3. The lowest BCUT2D eigenvalue weighted by atomic mass is 10.0. The quantitative estimate of drug-likeness (QED) is 0.122. The first-order valence-corrected chi connectivity index (χ1v) is 45.0. The predicted molar refractivity (Wildman–Crippen MR) is 551 cm³/mol. The van der Waals surface area contributed by atoms with Crippen LogP contribution in [0.5, 0.6) is 0 Å². The number of benzene rings is 18. The Bertz CT molecular complexity index is 8380. The maximum Gasteiger partial charge on any atom is 0.140 e. The summed E-state index contributed by atoms with van der Waals surface area (Å²) in [7, 11) is 0. The highest BCUT2D eigenvalue weighted by Gasteiger charge is 2.24. The van der Waals surface area contributed by atoms with E-state index in [9.17, 15) is 0 Å². The standard InChI is InChI=1S/C53H35N3.2C35H23N3/c1-5-14-36(15-6-1)40-24-28-48-44(32-40)45-33-41(37-16-7-2-8-17-37)25-29-49(45)55(48)52-22-13-23-53(54-52)56-50-30-26-42(38-18-9-3-10-19-38)34-46(50)47-35-43(27-31-51(47)56)39-20-11-4-12-21-39;1-5-15-31-26(10-1)27-11-2-6-16-32(27)37(31)25-22-20-24(21-23-25)30-14-9-19-35(36-30)38-33-17-7-3-12-28(33)29-13-4-8-18-34(29)38;1-2-12-24(13-3-1)25-22-34(37-30-18-8-4-14-26(30)27-15-5-9-19-31(27)37)36-35(23-25)38-32-20-10-6-16-28(32)29-17-7-11-21-33(29)38/h1-35H;2*1-23H. The number of pyridine rings is 3. The van der Waals surface area contributed by atoms with Crippen molar-refractivity contribution in [1.29, 1.82) is 0 Å². The number of aromatic nitrogens is 9. The molecule has 0 spiro atoms. The van der Waals surface area contributed by atoms with Gasteiger partial charge in [-0.2, -0.15) is 0 Å². The third kappa shape index (κ3) is 13.2. The van der Waals surface area contributed by atoms with Crippen molar-refractivity contribution in [2.24, 2.45) is 0 Å². The summed E-state index contributed by atoms with van der Waals surface area (Å²) in [6, 6.07) is 175. The number of hydrogen-bond donors (Lipinski definition) is 0. The van der Waals surface area contributed by atoms with Crippen molar-refractivity contribution in [2.75, 3.05) is 0 Å². The zero-order valence-corrected chi connectivity index (χ0v) is 71.8. The molecule has 9 heteroatoms. The van der Waals surface area contributed by atoms with Gasteiger partial charge >= 0.3 is 0 Å². The Morgan fingerprint density at radius 2 is 0.326 bits per heavy atom. The number of nitrogens with zero attached hydrogens (tertiary/aromatic N) is 9. The second kappa shape index (κ2) is 32.3. The fraction of sp³-hybridized carbons (Fsp3) is 0. The van der Waals surface area contributed by atoms with E-state index in [2.05, 4.69) is 519 Å². The topological polar surface area (TPSA) is 68.2 Å². The van der Waals surface area contributed by atoms with Gasteiger partial charge in [0.2, 0.25) is 0 Å². The minimum Gasteiger partial charge on any atom is -0.309 e. The van der Waals surface area contributed by atoms with Gasteiger partial charge < -0.3 is 4.57 Å². The molecule has 0 aliphatic carbocycles. The van der Waals surface area contributed by atoms with E-state index >= 15 is 0 Å². The van der Waals surface area contributed by atoms with E-state index in [1.165, 1.54) is 137 Å². The first kappa shape index (κ1) is 76.6. The van der Waals surface area contributed by atoms with Crippen molar-refractivity contribution in [3.63, 3.8) is 0 Å². The summed E-state index contributed by atoms with van der Waals surface area (Å²) in [6.07, 6.45) is 0. The smallest absolute Gasteiger partial charge is 0.140 e. The molecule has 0 amide bonds. The van der Waals surface area contributed by atoms with E-state index in [-0.39, 0.29) is 0 Å². The van der Waals surface area contributed by atoms with Crippen LogP contribution in [0.3, 0.4) is 0 Å². The molecule has 0 saturated heterocycles. The molecule has 0 aliphatic rings. The molecule has 132 heavy (non-hydrogen) atoms.